The third kappa shape index (κ3) is 4.43. The summed E-state index contributed by atoms with van der Waals surface area (Å²) in [6, 6.07) is 8.29. The van der Waals surface area contributed by atoms with Gasteiger partial charge in [-0.15, -0.1) is 0 Å². The quantitative estimate of drug-likeness (QED) is 0.382. The van der Waals surface area contributed by atoms with E-state index in [1.165, 1.54) is 36.8 Å². The summed E-state index contributed by atoms with van der Waals surface area (Å²) in [5.74, 6) is 0. The summed E-state index contributed by atoms with van der Waals surface area (Å²) in [5, 5.41) is 0. The molecule has 0 aromatic heterocycles. The zero-order valence-corrected chi connectivity index (χ0v) is 9.99. The number of benzene rings is 1. The molecule has 0 spiro atoms. The van der Waals surface area contributed by atoms with Gasteiger partial charge in [-0.05, 0) is 30.0 Å². The average molecular weight is 216 g/mol. The molecule has 86 valence electrons. The number of rotatable bonds is 7. The van der Waals surface area contributed by atoms with Gasteiger partial charge in [0.15, 0.2) is 0 Å². The average Bonchev–Trinajstić information content (AvgIpc) is 2.33. The number of unbranched alkanes of at least 4 members (excludes halogenated alkanes) is 3. The molecule has 0 amide bonds. The molecule has 1 aromatic carbocycles. The van der Waals surface area contributed by atoms with Crippen LogP contribution >= 0.6 is 0 Å². The minimum Gasteiger partial charge on any atom is -0.299 e. The van der Waals surface area contributed by atoms with Crippen LogP contribution in [0.2, 0.25) is 0 Å². The molecule has 0 aliphatic carbocycles. The molecule has 0 saturated heterocycles. The Kier molecular flexibility index (Phi) is 6.24. The first-order valence-electron chi connectivity index (χ1n) is 6.08. The molecule has 0 saturated carbocycles. The molecule has 1 nitrogen and oxygen atoms in total. The van der Waals surface area contributed by atoms with Crippen LogP contribution in [0.4, 0.5) is 0 Å². The predicted octanol–water partition coefficient (Wildman–Crippen LogP) is 4.02. The monoisotopic (exact) mass is 216 g/mol. The smallest absolute Gasteiger partial charge is 0.142 e. The lowest BCUT2D eigenvalue weighted by atomic mass is 10.0. The largest absolute Gasteiger partial charge is 0.299 e. The number of carbonyl (C=O) groups excluding carboxylic acids is 1. The Labute approximate surface area is 98.2 Å². The van der Waals surface area contributed by atoms with Gasteiger partial charge in [0, 0.05) is 0 Å². The van der Waals surface area contributed by atoms with E-state index in [0.29, 0.717) is 0 Å². The lowest BCUT2D eigenvalue weighted by Gasteiger charge is -2.05. The van der Waals surface area contributed by atoms with E-state index in [9.17, 15) is 4.79 Å². The maximum absolute atomic E-state index is 10.3. The normalized spacial score (nSPS) is 10.8. The van der Waals surface area contributed by atoms with Gasteiger partial charge in [-0.25, -0.2) is 0 Å². The van der Waals surface area contributed by atoms with E-state index in [1.54, 1.807) is 6.08 Å². The Balaban J connectivity index is 2.56. The first-order chi connectivity index (χ1) is 7.88. The van der Waals surface area contributed by atoms with Gasteiger partial charge >= 0.3 is 0 Å². The highest BCUT2D eigenvalue weighted by atomic mass is 16.1. The summed E-state index contributed by atoms with van der Waals surface area (Å²) < 4.78 is 0. The minimum atomic E-state index is 0.827. The molecule has 0 aliphatic heterocycles. The van der Waals surface area contributed by atoms with E-state index in [4.69, 9.17) is 0 Å². The van der Waals surface area contributed by atoms with E-state index in [0.717, 1.165) is 12.7 Å². The molecule has 0 bridgehead atoms. The van der Waals surface area contributed by atoms with Gasteiger partial charge in [-0.2, -0.15) is 0 Å². The Bertz CT molecular complexity index is 339. The van der Waals surface area contributed by atoms with Gasteiger partial charge in [0.05, 0.1) is 0 Å². The third-order valence-electron chi connectivity index (χ3n) is 2.71. The molecule has 0 heterocycles. The number of carbonyl (C=O) groups is 1. The second kappa shape index (κ2) is 7.86. The summed E-state index contributed by atoms with van der Waals surface area (Å²) in [6.07, 6.45) is 10.5. The molecular weight excluding hydrogens is 196 g/mol. The van der Waals surface area contributed by atoms with E-state index < -0.39 is 0 Å². The number of aryl methyl sites for hydroxylation is 1. The fourth-order valence-electron chi connectivity index (χ4n) is 1.81. The fraction of sp³-hybridized carbons (Fsp3) is 0.400. The summed E-state index contributed by atoms with van der Waals surface area (Å²) in [6.45, 7) is 2.22. The van der Waals surface area contributed by atoms with Crippen LogP contribution in [0.1, 0.15) is 43.7 Å². The lowest BCUT2D eigenvalue weighted by Crippen LogP contribution is -1.89. The van der Waals surface area contributed by atoms with E-state index in [2.05, 4.69) is 25.1 Å². The van der Waals surface area contributed by atoms with Crippen molar-refractivity contribution >= 4 is 12.4 Å². The number of aldehydes is 1. The Morgan fingerprint density at radius 3 is 2.69 bits per heavy atom. The van der Waals surface area contributed by atoms with Gasteiger partial charge in [0.1, 0.15) is 6.29 Å². The van der Waals surface area contributed by atoms with Gasteiger partial charge in [-0.3, -0.25) is 4.79 Å². The molecule has 1 rings (SSSR count). The Hall–Kier alpha value is -1.37. The van der Waals surface area contributed by atoms with Crippen molar-refractivity contribution in [2.45, 2.75) is 39.0 Å². The summed E-state index contributed by atoms with van der Waals surface area (Å²) >= 11 is 0. The van der Waals surface area contributed by atoms with Crippen LogP contribution < -0.4 is 0 Å². The topological polar surface area (TPSA) is 17.1 Å². The van der Waals surface area contributed by atoms with Crippen molar-refractivity contribution in [1.29, 1.82) is 0 Å². The van der Waals surface area contributed by atoms with Crippen molar-refractivity contribution in [2.24, 2.45) is 0 Å². The SMILES string of the molecule is CCCCCCc1ccccc1C=CC=O. The van der Waals surface area contributed by atoms with Gasteiger partial charge < -0.3 is 0 Å². The highest BCUT2D eigenvalue weighted by Crippen LogP contribution is 2.14. The molecule has 0 unspecified atom stereocenters. The van der Waals surface area contributed by atoms with Crippen LogP contribution in [0, 0.1) is 0 Å². The summed E-state index contributed by atoms with van der Waals surface area (Å²) in [4.78, 5) is 10.3. The highest BCUT2D eigenvalue weighted by Gasteiger charge is 1.98. The molecular formula is C15H20O. The van der Waals surface area contributed by atoms with Crippen molar-refractivity contribution < 1.29 is 4.79 Å². The van der Waals surface area contributed by atoms with Crippen LogP contribution in [-0.2, 0) is 11.2 Å². The molecule has 0 atom stereocenters. The lowest BCUT2D eigenvalue weighted by molar-refractivity contribution is -0.104. The van der Waals surface area contributed by atoms with Crippen LogP contribution in [0.5, 0.6) is 0 Å². The summed E-state index contributed by atoms with van der Waals surface area (Å²) in [7, 11) is 0. The maximum atomic E-state index is 10.3. The van der Waals surface area contributed by atoms with Crippen LogP contribution in [0.3, 0.4) is 0 Å². The maximum Gasteiger partial charge on any atom is 0.142 e. The third-order valence-corrected chi connectivity index (χ3v) is 2.71. The van der Waals surface area contributed by atoms with Crippen molar-refractivity contribution in [2.75, 3.05) is 0 Å². The van der Waals surface area contributed by atoms with Crippen molar-refractivity contribution in [3.05, 3.63) is 41.5 Å². The predicted molar refractivity (Wildman–Crippen MR) is 69.4 cm³/mol. The number of hydrogen-bond acceptors (Lipinski definition) is 1. The standard InChI is InChI=1S/C15H20O/c1-2-3-4-5-9-14-10-6-7-11-15(14)12-8-13-16/h6-8,10-13H,2-5,9H2,1H3. The van der Waals surface area contributed by atoms with Crippen LogP contribution in [0.15, 0.2) is 30.3 Å². The minimum absolute atomic E-state index is 0.827. The zero-order chi connectivity index (χ0) is 11.6. The van der Waals surface area contributed by atoms with Crippen molar-refractivity contribution in [1.82, 2.24) is 0 Å². The molecule has 0 radical (unpaired) electrons. The first-order valence-corrected chi connectivity index (χ1v) is 6.08. The molecule has 0 aliphatic rings. The number of allylic oxidation sites excluding steroid dienone is 1. The Morgan fingerprint density at radius 1 is 1.12 bits per heavy atom. The number of hydrogen-bond donors (Lipinski definition) is 0. The second-order valence-electron chi connectivity index (χ2n) is 4.00. The Morgan fingerprint density at radius 2 is 1.94 bits per heavy atom. The second-order valence-corrected chi connectivity index (χ2v) is 4.00. The zero-order valence-electron chi connectivity index (χ0n) is 9.99. The van der Waals surface area contributed by atoms with Crippen LogP contribution in [0.25, 0.3) is 6.08 Å². The van der Waals surface area contributed by atoms with E-state index in [1.807, 2.05) is 12.1 Å². The van der Waals surface area contributed by atoms with E-state index in [-0.39, 0.29) is 0 Å². The molecule has 16 heavy (non-hydrogen) atoms. The van der Waals surface area contributed by atoms with Gasteiger partial charge in [-0.1, -0.05) is 56.5 Å². The van der Waals surface area contributed by atoms with Gasteiger partial charge in [0.2, 0.25) is 0 Å². The molecule has 0 N–H and O–H groups in total. The van der Waals surface area contributed by atoms with Crippen molar-refractivity contribution in [3.8, 4) is 0 Å². The molecule has 0 fully saturated rings. The first kappa shape index (κ1) is 12.7. The van der Waals surface area contributed by atoms with Crippen molar-refractivity contribution in [3.63, 3.8) is 0 Å². The highest BCUT2D eigenvalue weighted by molar-refractivity contribution is 5.74. The molecule has 1 heteroatoms. The fourth-order valence-corrected chi connectivity index (χ4v) is 1.81. The van der Waals surface area contributed by atoms with Crippen LogP contribution in [-0.4, -0.2) is 6.29 Å². The van der Waals surface area contributed by atoms with E-state index >= 15 is 0 Å². The summed E-state index contributed by atoms with van der Waals surface area (Å²) in [5.41, 5.74) is 2.52. The molecule has 1 aromatic rings. The van der Waals surface area contributed by atoms with Gasteiger partial charge in [0.25, 0.3) is 0 Å².